The Kier molecular flexibility index (Phi) is 5.42. The summed E-state index contributed by atoms with van der Waals surface area (Å²) in [6, 6.07) is 7.18. The summed E-state index contributed by atoms with van der Waals surface area (Å²) in [5.74, 6) is -0.0391. The first-order valence-electron chi connectivity index (χ1n) is 9.33. The number of ether oxygens (including phenoxy) is 1. The van der Waals surface area contributed by atoms with Crippen molar-refractivity contribution in [3.8, 4) is 0 Å². The van der Waals surface area contributed by atoms with Crippen LogP contribution in [0.3, 0.4) is 0 Å². The van der Waals surface area contributed by atoms with E-state index in [0.29, 0.717) is 25.3 Å². The first kappa shape index (κ1) is 17.9. The van der Waals surface area contributed by atoms with Crippen LogP contribution in [0, 0.1) is 5.92 Å². The minimum Gasteiger partial charge on any atom is -0.371 e. The molecule has 25 heavy (non-hydrogen) atoms. The van der Waals surface area contributed by atoms with Gasteiger partial charge in [0.2, 0.25) is 5.91 Å². The van der Waals surface area contributed by atoms with Crippen LogP contribution in [0.5, 0.6) is 0 Å². The summed E-state index contributed by atoms with van der Waals surface area (Å²) in [6.07, 6.45) is 5.75. The summed E-state index contributed by atoms with van der Waals surface area (Å²) in [6.45, 7) is 5.66. The Bertz CT molecular complexity index is 613. The van der Waals surface area contributed by atoms with Crippen molar-refractivity contribution in [2.45, 2.75) is 51.6 Å². The quantitative estimate of drug-likeness (QED) is 0.913. The topological polar surface area (TPSA) is 58.6 Å². The lowest BCUT2D eigenvalue weighted by atomic mass is 9.83. The summed E-state index contributed by atoms with van der Waals surface area (Å²) in [4.78, 5) is 26.5. The van der Waals surface area contributed by atoms with Crippen LogP contribution in [0.15, 0.2) is 24.3 Å². The summed E-state index contributed by atoms with van der Waals surface area (Å²) < 4.78 is 6.07. The first-order valence-corrected chi connectivity index (χ1v) is 9.33. The lowest BCUT2D eigenvalue weighted by Crippen LogP contribution is -2.54. The fourth-order valence-corrected chi connectivity index (χ4v) is 3.68. The zero-order chi connectivity index (χ0) is 17.9. The monoisotopic (exact) mass is 344 g/mol. The molecular weight excluding hydrogens is 316 g/mol. The van der Waals surface area contributed by atoms with Gasteiger partial charge in [-0.3, -0.25) is 9.59 Å². The van der Waals surface area contributed by atoms with E-state index in [0.717, 1.165) is 18.5 Å². The average molecular weight is 344 g/mol. The molecule has 0 unspecified atom stereocenters. The maximum Gasteiger partial charge on any atom is 0.254 e. The van der Waals surface area contributed by atoms with Gasteiger partial charge < -0.3 is 15.0 Å². The summed E-state index contributed by atoms with van der Waals surface area (Å²) in [5, 5.41) is 2.85. The Balaban J connectivity index is 1.65. The number of anilines is 1. The molecule has 1 aromatic carbocycles. The molecule has 1 aliphatic heterocycles. The SMILES string of the molecule is CC(C)C(=O)Nc1ccc(C(=O)N2CCOC3(CCCCC3)C2)cc1. The van der Waals surface area contributed by atoms with Gasteiger partial charge in [-0.1, -0.05) is 33.1 Å². The van der Waals surface area contributed by atoms with Gasteiger partial charge in [0.1, 0.15) is 0 Å². The highest BCUT2D eigenvalue weighted by Crippen LogP contribution is 2.34. The van der Waals surface area contributed by atoms with Gasteiger partial charge in [0, 0.05) is 23.7 Å². The van der Waals surface area contributed by atoms with Crippen LogP contribution in [0.1, 0.15) is 56.3 Å². The summed E-state index contributed by atoms with van der Waals surface area (Å²) in [5.41, 5.74) is 1.26. The van der Waals surface area contributed by atoms with E-state index in [9.17, 15) is 9.59 Å². The third-order valence-corrected chi connectivity index (χ3v) is 5.22. The van der Waals surface area contributed by atoms with Crippen molar-refractivity contribution in [2.24, 2.45) is 5.92 Å². The number of carbonyl (C=O) groups is 2. The summed E-state index contributed by atoms with van der Waals surface area (Å²) >= 11 is 0. The zero-order valence-electron chi connectivity index (χ0n) is 15.2. The molecule has 2 fully saturated rings. The standard InChI is InChI=1S/C20H28N2O3/c1-15(2)18(23)21-17-8-6-16(7-9-17)19(24)22-12-13-25-20(14-22)10-4-3-5-11-20/h6-9,15H,3-5,10-14H2,1-2H3,(H,21,23). The molecule has 1 N–H and O–H groups in total. The van der Waals surface area contributed by atoms with E-state index >= 15 is 0 Å². The van der Waals surface area contributed by atoms with Crippen molar-refractivity contribution < 1.29 is 14.3 Å². The van der Waals surface area contributed by atoms with Crippen molar-refractivity contribution in [1.82, 2.24) is 4.90 Å². The van der Waals surface area contributed by atoms with Crippen LogP contribution in [-0.2, 0) is 9.53 Å². The second-order valence-electron chi connectivity index (χ2n) is 7.54. The number of carbonyl (C=O) groups excluding carboxylic acids is 2. The first-order chi connectivity index (χ1) is 12.0. The zero-order valence-corrected chi connectivity index (χ0v) is 15.2. The third-order valence-electron chi connectivity index (χ3n) is 5.22. The second kappa shape index (κ2) is 7.56. The molecule has 0 atom stereocenters. The number of hydrogen-bond acceptors (Lipinski definition) is 3. The van der Waals surface area contributed by atoms with Gasteiger partial charge in [0.25, 0.3) is 5.91 Å². The van der Waals surface area contributed by atoms with E-state index in [1.54, 1.807) is 24.3 Å². The number of rotatable bonds is 3. The molecule has 1 saturated heterocycles. The van der Waals surface area contributed by atoms with E-state index in [2.05, 4.69) is 5.32 Å². The van der Waals surface area contributed by atoms with Gasteiger partial charge in [-0.25, -0.2) is 0 Å². The van der Waals surface area contributed by atoms with Gasteiger partial charge >= 0.3 is 0 Å². The molecule has 1 heterocycles. The van der Waals surface area contributed by atoms with Crippen LogP contribution in [0.25, 0.3) is 0 Å². The molecule has 5 heteroatoms. The van der Waals surface area contributed by atoms with E-state index in [1.165, 1.54) is 19.3 Å². The normalized spacial score (nSPS) is 19.9. The molecule has 3 rings (SSSR count). The van der Waals surface area contributed by atoms with Crippen molar-refractivity contribution in [3.05, 3.63) is 29.8 Å². The van der Waals surface area contributed by atoms with E-state index in [1.807, 2.05) is 18.7 Å². The lowest BCUT2D eigenvalue weighted by Gasteiger charge is -2.45. The van der Waals surface area contributed by atoms with Crippen LogP contribution in [0.2, 0.25) is 0 Å². The Hall–Kier alpha value is -1.88. The van der Waals surface area contributed by atoms with Gasteiger partial charge in [0.05, 0.1) is 18.8 Å². The molecule has 1 spiro atoms. The third kappa shape index (κ3) is 4.21. The molecule has 0 aromatic heterocycles. The molecule has 2 amide bonds. The molecular formula is C20H28N2O3. The lowest BCUT2D eigenvalue weighted by molar-refractivity contribution is -0.118. The number of nitrogens with one attached hydrogen (secondary N) is 1. The van der Waals surface area contributed by atoms with Gasteiger partial charge in [-0.05, 0) is 37.1 Å². The second-order valence-corrected chi connectivity index (χ2v) is 7.54. The predicted octanol–water partition coefficient (Wildman–Crippen LogP) is 3.46. The maximum absolute atomic E-state index is 12.9. The minimum atomic E-state index is -0.128. The Morgan fingerprint density at radius 3 is 2.44 bits per heavy atom. The number of nitrogens with zero attached hydrogens (tertiary/aromatic N) is 1. The highest BCUT2D eigenvalue weighted by molar-refractivity contribution is 5.96. The molecule has 136 valence electrons. The van der Waals surface area contributed by atoms with Crippen LogP contribution < -0.4 is 5.32 Å². The number of benzene rings is 1. The maximum atomic E-state index is 12.9. The van der Waals surface area contributed by atoms with E-state index in [-0.39, 0.29) is 23.3 Å². The fraction of sp³-hybridized carbons (Fsp3) is 0.600. The van der Waals surface area contributed by atoms with Crippen molar-refractivity contribution in [2.75, 3.05) is 25.0 Å². The number of morpholine rings is 1. The molecule has 1 aliphatic carbocycles. The van der Waals surface area contributed by atoms with Crippen molar-refractivity contribution in [3.63, 3.8) is 0 Å². The molecule has 5 nitrogen and oxygen atoms in total. The molecule has 1 saturated carbocycles. The van der Waals surface area contributed by atoms with Crippen LogP contribution >= 0.6 is 0 Å². The smallest absolute Gasteiger partial charge is 0.254 e. The van der Waals surface area contributed by atoms with Gasteiger partial charge in [0.15, 0.2) is 0 Å². The van der Waals surface area contributed by atoms with E-state index in [4.69, 9.17) is 4.74 Å². The Labute approximate surface area is 149 Å². The molecule has 0 radical (unpaired) electrons. The van der Waals surface area contributed by atoms with Crippen molar-refractivity contribution >= 4 is 17.5 Å². The van der Waals surface area contributed by atoms with Gasteiger partial charge in [-0.15, -0.1) is 0 Å². The highest BCUT2D eigenvalue weighted by atomic mass is 16.5. The molecule has 1 aromatic rings. The minimum absolute atomic E-state index is 0.0218. The van der Waals surface area contributed by atoms with Gasteiger partial charge in [-0.2, -0.15) is 0 Å². The predicted molar refractivity (Wildman–Crippen MR) is 97.6 cm³/mol. The number of amides is 2. The summed E-state index contributed by atoms with van der Waals surface area (Å²) in [7, 11) is 0. The number of hydrogen-bond donors (Lipinski definition) is 1. The fourth-order valence-electron chi connectivity index (χ4n) is 3.68. The largest absolute Gasteiger partial charge is 0.371 e. The van der Waals surface area contributed by atoms with Crippen molar-refractivity contribution in [1.29, 1.82) is 0 Å². The highest BCUT2D eigenvalue weighted by Gasteiger charge is 2.39. The van der Waals surface area contributed by atoms with Crippen LogP contribution in [-0.4, -0.2) is 42.0 Å². The van der Waals surface area contributed by atoms with Crippen LogP contribution in [0.4, 0.5) is 5.69 Å². The molecule has 0 bridgehead atoms. The van der Waals surface area contributed by atoms with E-state index < -0.39 is 0 Å². The average Bonchev–Trinajstić information content (AvgIpc) is 2.62. The molecule has 2 aliphatic rings. The Morgan fingerprint density at radius 2 is 1.80 bits per heavy atom. The Morgan fingerprint density at radius 1 is 1.12 bits per heavy atom.